The number of nitrogens with one attached hydrogen (secondary N) is 1. The molecule has 1 amide bonds. The maximum Gasteiger partial charge on any atom is 0.287 e. The van der Waals surface area contributed by atoms with Crippen LogP contribution in [0.4, 0.5) is 0 Å². The zero-order chi connectivity index (χ0) is 13.8. The molecule has 1 aromatic carbocycles. The minimum atomic E-state index is -0.127. The second-order valence-electron chi connectivity index (χ2n) is 5.26. The van der Waals surface area contributed by atoms with Gasteiger partial charge in [-0.1, -0.05) is 29.8 Å². The summed E-state index contributed by atoms with van der Waals surface area (Å²) >= 11 is 0. The molecule has 2 aromatic rings. The fourth-order valence-corrected chi connectivity index (χ4v) is 2.65. The predicted octanol–water partition coefficient (Wildman–Crippen LogP) is 4.05. The second-order valence-corrected chi connectivity index (χ2v) is 5.26. The number of carbonyl (C=O) groups is 1. The molecule has 0 fully saturated rings. The number of furan rings is 1. The molecule has 0 saturated heterocycles. The molecule has 0 bridgehead atoms. The third-order valence-electron chi connectivity index (χ3n) is 3.77. The lowest BCUT2D eigenvalue weighted by Crippen LogP contribution is -2.24. The third kappa shape index (κ3) is 2.93. The van der Waals surface area contributed by atoms with Crippen molar-refractivity contribution in [3.63, 3.8) is 0 Å². The molecular weight excluding hydrogens is 250 g/mol. The molecular formula is C17H19NO2. The molecule has 1 heterocycles. The highest BCUT2D eigenvalue weighted by atomic mass is 16.3. The largest absolute Gasteiger partial charge is 0.451 e. The molecule has 0 aliphatic heterocycles. The normalized spacial score (nSPS) is 15.1. The predicted molar refractivity (Wildman–Crippen MR) is 79.7 cm³/mol. The van der Waals surface area contributed by atoms with E-state index in [1.54, 1.807) is 6.07 Å². The quantitative estimate of drug-likeness (QED) is 0.851. The molecule has 3 nitrogen and oxygen atoms in total. The van der Waals surface area contributed by atoms with Gasteiger partial charge in [0.2, 0.25) is 0 Å². The molecule has 0 saturated carbocycles. The van der Waals surface area contributed by atoms with Crippen molar-refractivity contribution in [1.82, 2.24) is 5.32 Å². The number of hydrogen-bond donors (Lipinski definition) is 1. The lowest BCUT2D eigenvalue weighted by atomic mass is 9.97. The zero-order valence-corrected chi connectivity index (χ0v) is 11.5. The Morgan fingerprint density at radius 2 is 2.15 bits per heavy atom. The van der Waals surface area contributed by atoms with Gasteiger partial charge in [0.05, 0.1) is 0 Å². The first-order chi connectivity index (χ1) is 9.83. The van der Waals surface area contributed by atoms with Gasteiger partial charge in [0, 0.05) is 11.9 Å². The summed E-state index contributed by atoms with van der Waals surface area (Å²) in [5.41, 5.74) is 2.23. The van der Waals surface area contributed by atoms with Crippen LogP contribution in [-0.4, -0.2) is 12.5 Å². The Bertz CT molecular complexity index is 606. The Morgan fingerprint density at radius 3 is 2.95 bits per heavy atom. The number of fused-ring (bicyclic) bond motifs is 1. The molecule has 1 aliphatic rings. The van der Waals surface area contributed by atoms with Crippen LogP contribution in [0.1, 0.15) is 42.7 Å². The molecule has 1 N–H and O–H groups in total. The molecule has 104 valence electrons. The molecule has 0 unspecified atom stereocenters. The summed E-state index contributed by atoms with van der Waals surface area (Å²) in [4.78, 5) is 12.0. The van der Waals surface area contributed by atoms with Crippen molar-refractivity contribution in [2.75, 3.05) is 6.54 Å². The maximum atomic E-state index is 12.0. The van der Waals surface area contributed by atoms with Gasteiger partial charge >= 0.3 is 0 Å². The topological polar surface area (TPSA) is 42.2 Å². The van der Waals surface area contributed by atoms with Crippen LogP contribution in [0.3, 0.4) is 0 Å². The molecule has 3 heteroatoms. The van der Waals surface area contributed by atoms with Crippen LogP contribution in [-0.2, 0) is 0 Å². The van der Waals surface area contributed by atoms with Gasteiger partial charge in [-0.15, -0.1) is 0 Å². The van der Waals surface area contributed by atoms with Gasteiger partial charge in [-0.2, -0.15) is 0 Å². The van der Waals surface area contributed by atoms with Crippen molar-refractivity contribution in [2.24, 2.45) is 0 Å². The molecule has 1 aromatic heterocycles. The number of allylic oxidation sites excluding steroid dienone is 1. The molecule has 0 spiro atoms. The lowest BCUT2D eigenvalue weighted by Gasteiger charge is -2.12. The zero-order valence-electron chi connectivity index (χ0n) is 11.5. The third-order valence-corrected chi connectivity index (χ3v) is 3.77. The SMILES string of the molecule is O=C(NCCC1=CCCCC1)c1cc2ccccc2o1. The van der Waals surface area contributed by atoms with E-state index in [-0.39, 0.29) is 5.91 Å². The molecule has 20 heavy (non-hydrogen) atoms. The highest BCUT2D eigenvalue weighted by Crippen LogP contribution is 2.20. The Hall–Kier alpha value is -2.03. The average molecular weight is 269 g/mol. The first-order valence-electron chi connectivity index (χ1n) is 7.27. The minimum absolute atomic E-state index is 0.127. The van der Waals surface area contributed by atoms with E-state index in [1.165, 1.54) is 31.3 Å². The van der Waals surface area contributed by atoms with Crippen molar-refractivity contribution in [3.8, 4) is 0 Å². The fraction of sp³-hybridized carbons (Fsp3) is 0.353. The summed E-state index contributed by atoms with van der Waals surface area (Å²) in [6.45, 7) is 0.682. The Kier molecular flexibility index (Phi) is 3.86. The molecule has 1 aliphatic carbocycles. The van der Waals surface area contributed by atoms with Crippen molar-refractivity contribution < 1.29 is 9.21 Å². The standard InChI is InChI=1S/C17H19NO2/c19-17(18-11-10-13-6-2-1-3-7-13)16-12-14-8-4-5-9-15(14)20-16/h4-6,8-9,12H,1-3,7,10-11H2,(H,18,19). The molecule has 0 radical (unpaired) electrons. The van der Waals surface area contributed by atoms with Gasteiger partial charge in [-0.25, -0.2) is 0 Å². The van der Waals surface area contributed by atoms with Crippen LogP contribution in [0.25, 0.3) is 11.0 Å². The van der Waals surface area contributed by atoms with Gasteiger partial charge in [0.25, 0.3) is 5.91 Å². The second kappa shape index (κ2) is 5.95. The van der Waals surface area contributed by atoms with Gasteiger partial charge in [-0.3, -0.25) is 4.79 Å². The highest BCUT2D eigenvalue weighted by molar-refractivity contribution is 5.96. The fourth-order valence-electron chi connectivity index (χ4n) is 2.65. The van der Waals surface area contributed by atoms with E-state index in [0.717, 1.165) is 17.4 Å². The summed E-state index contributed by atoms with van der Waals surface area (Å²) in [6.07, 6.45) is 8.22. The van der Waals surface area contributed by atoms with E-state index >= 15 is 0 Å². The summed E-state index contributed by atoms with van der Waals surface area (Å²) in [6, 6.07) is 9.46. The number of benzene rings is 1. The number of amides is 1. The summed E-state index contributed by atoms with van der Waals surface area (Å²) in [5, 5.41) is 3.90. The van der Waals surface area contributed by atoms with Crippen LogP contribution < -0.4 is 5.32 Å². The van der Waals surface area contributed by atoms with Crippen molar-refractivity contribution in [3.05, 3.63) is 47.7 Å². The maximum absolute atomic E-state index is 12.0. The highest BCUT2D eigenvalue weighted by Gasteiger charge is 2.11. The van der Waals surface area contributed by atoms with Gasteiger partial charge in [0.15, 0.2) is 5.76 Å². The van der Waals surface area contributed by atoms with Crippen molar-refractivity contribution >= 4 is 16.9 Å². The van der Waals surface area contributed by atoms with E-state index in [1.807, 2.05) is 24.3 Å². The molecule has 0 atom stereocenters. The van der Waals surface area contributed by atoms with E-state index in [2.05, 4.69) is 11.4 Å². The minimum Gasteiger partial charge on any atom is -0.451 e. The summed E-state index contributed by atoms with van der Waals surface area (Å²) in [7, 11) is 0. The van der Waals surface area contributed by atoms with Gasteiger partial charge in [0.1, 0.15) is 5.58 Å². The van der Waals surface area contributed by atoms with Crippen LogP contribution in [0, 0.1) is 0 Å². The first kappa shape index (κ1) is 13.0. The van der Waals surface area contributed by atoms with Crippen LogP contribution in [0.2, 0.25) is 0 Å². The summed E-state index contributed by atoms with van der Waals surface area (Å²) in [5.74, 6) is 0.265. The van der Waals surface area contributed by atoms with Gasteiger partial charge in [-0.05, 0) is 44.2 Å². The smallest absolute Gasteiger partial charge is 0.287 e. The first-order valence-corrected chi connectivity index (χ1v) is 7.27. The Labute approximate surface area is 118 Å². The van der Waals surface area contributed by atoms with E-state index < -0.39 is 0 Å². The number of para-hydroxylation sites is 1. The van der Waals surface area contributed by atoms with Gasteiger partial charge < -0.3 is 9.73 Å². The number of rotatable bonds is 4. The lowest BCUT2D eigenvalue weighted by molar-refractivity contribution is 0.0928. The van der Waals surface area contributed by atoms with Crippen molar-refractivity contribution in [2.45, 2.75) is 32.1 Å². The van der Waals surface area contributed by atoms with Crippen LogP contribution >= 0.6 is 0 Å². The number of hydrogen-bond acceptors (Lipinski definition) is 2. The number of carbonyl (C=O) groups excluding carboxylic acids is 1. The summed E-state index contributed by atoms with van der Waals surface area (Å²) < 4.78 is 5.55. The Morgan fingerprint density at radius 1 is 1.25 bits per heavy atom. The average Bonchev–Trinajstić information content (AvgIpc) is 2.92. The van der Waals surface area contributed by atoms with Crippen LogP contribution in [0.15, 0.2) is 46.4 Å². The molecule has 3 rings (SSSR count). The Balaban J connectivity index is 1.57. The monoisotopic (exact) mass is 269 g/mol. The van der Waals surface area contributed by atoms with Crippen molar-refractivity contribution in [1.29, 1.82) is 0 Å². The van der Waals surface area contributed by atoms with E-state index in [9.17, 15) is 4.79 Å². The van der Waals surface area contributed by atoms with Crippen LogP contribution in [0.5, 0.6) is 0 Å². The van der Waals surface area contributed by atoms with E-state index in [0.29, 0.717) is 12.3 Å². The van der Waals surface area contributed by atoms with E-state index in [4.69, 9.17) is 4.42 Å².